The summed E-state index contributed by atoms with van der Waals surface area (Å²) in [5, 5.41) is 4.03. The van der Waals surface area contributed by atoms with Crippen molar-refractivity contribution in [3.05, 3.63) is 24.3 Å². The third kappa shape index (κ3) is 3.43. The number of H-pyrrole nitrogens is 1. The normalized spacial score (nSPS) is 23.2. The number of halogens is 1. The van der Waals surface area contributed by atoms with Crippen molar-refractivity contribution in [2.24, 2.45) is 0 Å². The van der Waals surface area contributed by atoms with E-state index >= 15 is 4.39 Å². The predicted octanol–water partition coefficient (Wildman–Crippen LogP) is 1.83. The molecule has 0 spiro atoms. The number of pyridine rings is 1. The summed E-state index contributed by atoms with van der Waals surface area (Å²) in [4.78, 5) is 12.3. The van der Waals surface area contributed by atoms with E-state index in [0.29, 0.717) is 30.6 Å². The van der Waals surface area contributed by atoms with Crippen molar-refractivity contribution in [1.29, 1.82) is 0 Å². The van der Waals surface area contributed by atoms with Crippen LogP contribution < -0.4 is 10.0 Å². The molecule has 3 aromatic heterocycles. The molecule has 8 nitrogen and oxygen atoms in total. The van der Waals surface area contributed by atoms with Crippen LogP contribution >= 0.6 is 0 Å². The number of nitrogens with zero attached hydrogens (tertiary/aromatic N) is 3. The van der Waals surface area contributed by atoms with Gasteiger partial charge in [-0.1, -0.05) is 6.92 Å². The number of imidazole rings is 1. The molecular weight excluding hydrogens is 395 g/mol. The highest BCUT2D eigenvalue weighted by atomic mass is 32.2. The molecule has 0 radical (unpaired) electrons. The third-order valence-electron chi connectivity index (χ3n) is 6.02. The first-order valence-corrected chi connectivity index (χ1v) is 11.7. The Kier molecular flexibility index (Phi) is 5.34. The number of sulfonamides is 1. The maximum Gasteiger partial charge on any atom is 0.211 e. The van der Waals surface area contributed by atoms with E-state index in [1.807, 2.05) is 23.8 Å². The number of piperidine rings is 1. The second-order valence-corrected chi connectivity index (χ2v) is 9.62. The van der Waals surface area contributed by atoms with Crippen LogP contribution in [0.1, 0.15) is 32.5 Å². The Labute approximate surface area is 169 Å². The summed E-state index contributed by atoms with van der Waals surface area (Å²) < 4.78 is 43.7. The number of hydrogen-bond acceptors (Lipinski definition) is 5. The van der Waals surface area contributed by atoms with E-state index in [0.717, 1.165) is 23.1 Å². The highest BCUT2D eigenvalue weighted by Crippen LogP contribution is 2.39. The van der Waals surface area contributed by atoms with Gasteiger partial charge in [-0.25, -0.2) is 27.5 Å². The van der Waals surface area contributed by atoms with Crippen LogP contribution in [0.4, 0.5) is 4.39 Å². The number of aromatic amines is 1. The van der Waals surface area contributed by atoms with Crippen LogP contribution in [-0.4, -0.2) is 59.5 Å². The second kappa shape index (κ2) is 7.66. The van der Waals surface area contributed by atoms with Gasteiger partial charge >= 0.3 is 0 Å². The van der Waals surface area contributed by atoms with Crippen LogP contribution in [0.15, 0.2) is 18.5 Å². The minimum atomic E-state index is -3.30. The lowest BCUT2D eigenvalue weighted by molar-refractivity contribution is 0.0731. The number of fused-ring (bicyclic) bond motifs is 3. The van der Waals surface area contributed by atoms with Crippen LogP contribution in [-0.2, 0) is 22.0 Å². The van der Waals surface area contributed by atoms with E-state index in [2.05, 4.69) is 20.0 Å². The summed E-state index contributed by atoms with van der Waals surface area (Å²) >= 11 is 0. The molecule has 0 aliphatic carbocycles. The molecule has 3 aromatic rings. The van der Waals surface area contributed by atoms with Crippen molar-refractivity contribution in [3.8, 4) is 0 Å². The average molecular weight is 423 g/mol. The molecule has 1 aliphatic rings. The van der Waals surface area contributed by atoms with Crippen molar-refractivity contribution < 1.29 is 12.8 Å². The molecule has 4 heterocycles. The Morgan fingerprint density at radius 2 is 2.24 bits per heavy atom. The highest BCUT2D eigenvalue weighted by molar-refractivity contribution is 7.89. The van der Waals surface area contributed by atoms with Crippen LogP contribution in [0.2, 0.25) is 0 Å². The van der Waals surface area contributed by atoms with Gasteiger partial charge in [0, 0.05) is 31.1 Å². The fourth-order valence-electron chi connectivity index (χ4n) is 4.37. The first-order chi connectivity index (χ1) is 13.9. The van der Waals surface area contributed by atoms with Gasteiger partial charge in [0.15, 0.2) is 0 Å². The van der Waals surface area contributed by atoms with Crippen LogP contribution in [0.25, 0.3) is 22.1 Å². The molecule has 0 bridgehead atoms. The van der Waals surface area contributed by atoms with E-state index in [1.54, 1.807) is 13.1 Å². The molecule has 4 rings (SSSR count). The number of hydrogen-bond donors (Lipinski definition) is 3. The monoisotopic (exact) mass is 422 g/mol. The minimum Gasteiger partial charge on any atom is -0.346 e. The number of rotatable bonds is 7. The summed E-state index contributed by atoms with van der Waals surface area (Å²) in [6, 6.07) is 1.93. The zero-order chi connectivity index (χ0) is 20.6. The summed E-state index contributed by atoms with van der Waals surface area (Å²) in [5.41, 5.74) is 1.55. The zero-order valence-corrected chi connectivity index (χ0v) is 17.5. The first-order valence-electron chi connectivity index (χ1n) is 10.1. The molecule has 10 heteroatoms. The van der Waals surface area contributed by atoms with Gasteiger partial charge in [0.05, 0.1) is 23.0 Å². The minimum absolute atomic E-state index is 0.0223. The lowest BCUT2D eigenvalue weighted by Crippen LogP contribution is -2.53. The van der Waals surface area contributed by atoms with E-state index in [1.165, 1.54) is 0 Å². The van der Waals surface area contributed by atoms with Gasteiger partial charge in [0.2, 0.25) is 10.0 Å². The fraction of sp³-hybridized carbons (Fsp3) is 0.579. The zero-order valence-electron chi connectivity index (χ0n) is 16.7. The second-order valence-electron chi connectivity index (χ2n) is 7.52. The Morgan fingerprint density at radius 1 is 1.41 bits per heavy atom. The molecule has 29 heavy (non-hydrogen) atoms. The predicted molar refractivity (Wildman–Crippen MR) is 111 cm³/mol. The van der Waals surface area contributed by atoms with Crippen molar-refractivity contribution in [1.82, 2.24) is 29.6 Å². The Morgan fingerprint density at radius 3 is 2.97 bits per heavy atom. The standard InChI is InChI=1S/C19H27FN6O2S/c1-3-19(7-10-21-12-15(19)20)26-16(6-9-24-29(27,28)4-2)25-14-11-23-18-13(17(14)26)5-8-22-18/h5,8,11,15,21,24H,3-4,6-7,9-10,12H2,1-2H3,(H,22,23)/t15-,19+/m0/s1. The van der Waals surface area contributed by atoms with Crippen molar-refractivity contribution >= 4 is 32.1 Å². The number of nitrogens with one attached hydrogen (secondary N) is 3. The molecule has 158 valence electrons. The van der Waals surface area contributed by atoms with E-state index in [4.69, 9.17) is 4.98 Å². The molecule has 2 atom stereocenters. The van der Waals surface area contributed by atoms with Gasteiger partial charge in [0.25, 0.3) is 0 Å². The highest BCUT2D eigenvalue weighted by Gasteiger charge is 2.44. The Bertz CT molecular complexity index is 1120. The Balaban J connectivity index is 1.87. The van der Waals surface area contributed by atoms with Crippen LogP contribution in [0.3, 0.4) is 0 Å². The van der Waals surface area contributed by atoms with Gasteiger partial charge in [-0.15, -0.1) is 0 Å². The molecule has 1 fully saturated rings. The van der Waals surface area contributed by atoms with Gasteiger partial charge in [-0.2, -0.15) is 0 Å². The smallest absolute Gasteiger partial charge is 0.211 e. The van der Waals surface area contributed by atoms with Gasteiger partial charge in [-0.05, 0) is 32.4 Å². The van der Waals surface area contributed by atoms with Gasteiger partial charge in [-0.3, -0.25) is 0 Å². The van der Waals surface area contributed by atoms with Gasteiger partial charge in [0.1, 0.15) is 23.2 Å². The summed E-state index contributed by atoms with van der Waals surface area (Å²) in [6.07, 6.45) is 4.06. The quantitative estimate of drug-likeness (QED) is 0.539. The van der Waals surface area contributed by atoms with Crippen molar-refractivity contribution in [2.75, 3.05) is 25.4 Å². The lowest BCUT2D eigenvalue weighted by Gasteiger charge is -2.42. The summed E-state index contributed by atoms with van der Waals surface area (Å²) in [6.45, 7) is 4.83. The van der Waals surface area contributed by atoms with Crippen LogP contribution in [0.5, 0.6) is 0 Å². The third-order valence-corrected chi connectivity index (χ3v) is 7.42. The Hall–Kier alpha value is -2.04. The fourth-order valence-corrected chi connectivity index (χ4v) is 4.99. The first kappa shape index (κ1) is 20.2. The largest absolute Gasteiger partial charge is 0.346 e. The molecule has 0 amide bonds. The van der Waals surface area contributed by atoms with Crippen LogP contribution in [0, 0.1) is 0 Å². The van der Waals surface area contributed by atoms with Crippen molar-refractivity contribution in [2.45, 2.75) is 44.8 Å². The molecular formula is C19H27FN6O2S. The lowest BCUT2D eigenvalue weighted by atomic mass is 9.83. The maximum absolute atomic E-state index is 15.4. The van der Waals surface area contributed by atoms with Gasteiger partial charge < -0.3 is 14.9 Å². The molecule has 0 saturated carbocycles. The molecule has 0 aromatic carbocycles. The van der Waals surface area contributed by atoms with Crippen molar-refractivity contribution in [3.63, 3.8) is 0 Å². The molecule has 3 N–H and O–H groups in total. The summed E-state index contributed by atoms with van der Waals surface area (Å²) in [7, 11) is -3.30. The number of alkyl halides is 1. The topological polar surface area (TPSA) is 105 Å². The molecule has 1 aliphatic heterocycles. The molecule has 1 saturated heterocycles. The molecule has 0 unspecified atom stereocenters. The SMILES string of the molecule is CC[C@@]1(n2c(CCNS(=O)(=O)CC)nc3cnc4[nH]ccc4c32)CCNC[C@@H]1F. The number of aromatic nitrogens is 4. The van der Waals surface area contributed by atoms with E-state index in [-0.39, 0.29) is 18.8 Å². The van der Waals surface area contributed by atoms with E-state index in [9.17, 15) is 8.42 Å². The average Bonchev–Trinajstić information content (AvgIpc) is 3.32. The maximum atomic E-state index is 15.4. The van der Waals surface area contributed by atoms with E-state index < -0.39 is 21.7 Å². The summed E-state index contributed by atoms with van der Waals surface area (Å²) in [5.74, 6) is 0.703.